The molecule has 2 aromatic rings. The zero-order valence-corrected chi connectivity index (χ0v) is 21.9. The molecule has 4 heterocycles. The van der Waals surface area contributed by atoms with E-state index in [9.17, 15) is 13.2 Å². The number of hydrazone groups is 1. The number of anilines is 1. The number of carbonyl (C=O) groups excluding carboxylic acids is 1. The average Bonchev–Trinajstić information content (AvgIpc) is 3.53. The SMILES string of the molecule is COc1ccc(-n2nc(C3CCN(S(=O)(=O)C(C)C)CC3)cc2NC(=O)C2C=NN3C=CC=NC23)cc1. The highest BCUT2D eigenvalue weighted by atomic mass is 32.2. The lowest BCUT2D eigenvalue weighted by atomic mass is 9.95. The molecular formula is C25H31N7O4S. The van der Waals surface area contributed by atoms with E-state index in [0.717, 1.165) is 11.4 Å². The highest BCUT2D eigenvalue weighted by Crippen LogP contribution is 2.32. The molecule has 1 amide bonds. The molecule has 0 radical (unpaired) electrons. The van der Waals surface area contributed by atoms with Crippen LogP contribution in [-0.4, -0.2) is 77.5 Å². The van der Waals surface area contributed by atoms with Crippen LogP contribution >= 0.6 is 0 Å². The van der Waals surface area contributed by atoms with Crippen molar-refractivity contribution in [2.45, 2.75) is 44.0 Å². The van der Waals surface area contributed by atoms with Crippen LogP contribution in [0.25, 0.3) is 5.69 Å². The number of rotatable bonds is 7. The van der Waals surface area contributed by atoms with Crippen LogP contribution in [0.2, 0.25) is 0 Å². The van der Waals surface area contributed by atoms with Gasteiger partial charge in [-0.1, -0.05) is 0 Å². The summed E-state index contributed by atoms with van der Waals surface area (Å²) in [5.41, 5.74) is 1.58. The maximum atomic E-state index is 13.3. The number of fused-ring (bicyclic) bond motifs is 1. The van der Waals surface area contributed by atoms with E-state index in [0.29, 0.717) is 37.5 Å². The largest absolute Gasteiger partial charge is 0.497 e. The van der Waals surface area contributed by atoms with Crippen molar-refractivity contribution < 1.29 is 17.9 Å². The molecule has 1 aromatic heterocycles. The fraction of sp³-hybridized carbons (Fsp3) is 0.440. The van der Waals surface area contributed by atoms with Gasteiger partial charge < -0.3 is 10.1 Å². The third kappa shape index (κ3) is 4.90. The van der Waals surface area contributed by atoms with Gasteiger partial charge in [-0.05, 0) is 57.0 Å². The van der Waals surface area contributed by atoms with Crippen LogP contribution in [0, 0.1) is 5.92 Å². The first-order chi connectivity index (χ1) is 17.8. The summed E-state index contributed by atoms with van der Waals surface area (Å²) in [5, 5.41) is 13.4. The number of hydrogen-bond acceptors (Lipinski definition) is 8. The summed E-state index contributed by atoms with van der Waals surface area (Å²) in [5.74, 6) is 0.539. The number of methoxy groups -OCH3 is 1. The van der Waals surface area contributed by atoms with Gasteiger partial charge in [0.1, 0.15) is 17.5 Å². The molecule has 2 unspecified atom stereocenters. The summed E-state index contributed by atoms with van der Waals surface area (Å²) < 4.78 is 33.7. The predicted octanol–water partition coefficient (Wildman–Crippen LogP) is 2.58. The van der Waals surface area contributed by atoms with Crippen LogP contribution < -0.4 is 10.1 Å². The first kappa shape index (κ1) is 25.2. The number of piperidine rings is 1. The fourth-order valence-electron chi connectivity index (χ4n) is 4.74. The molecule has 3 aliphatic heterocycles. The molecule has 12 heteroatoms. The number of carbonyl (C=O) groups is 1. The second kappa shape index (κ2) is 10.1. The number of ether oxygens (including phenoxy) is 1. The summed E-state index contributed by atoms with van der Waals surface area (Å²) in [6.07, 6.45) is 7.74. The number of aromatic nitrogens is 2. The lowest BCUT2D eigenvalue weighted by Gasteiger charge is -2.31. The third-order valence-corrected chi connectivity index (χ3v) is 9.22. The number of nitrogens with one attached hydrogen (secondary N) is 1. The minimum atomic E-state index is -3.29. The van der Waals surface area contributed by atoms with Crippen molar-refractivity contribution in [1.29, 1.82) is 0 Å². The molecule has 196 valence electrons. The number of allylic oxidation sites excluding steroid dienone is 1. The number of amides is 1. The Kier molecular flexibility index (Phi) is 6.86. The molecule has 1 aromatic carbocycles. The first-order valence-corrected chi connectivity index (χ1v) is 13.8. The molecule has 1 fully saturated rings. The molecule has 2 atom stereocenters. The van der Waals surface area contributed by atoms with E-state index in [1.165, 1.54) is 0 Å². The lowest BCUT2D eigenvalue weighted by Crippen LogP contribution is -2.41. The molecule has 0 bridgehead atoms. The number of benzene rings is 1. The Morgan fingerprint density at radius 3 is 2.57 bits per heavy atom. The van der Waals surface area contributed by atoms with Gasteiger partial charge in [0.25, 0.3) is 0 Å². The van der Waals surface area contributed by atoms with Crippen LogP contribution in [0.15, 0.2) is 52.7 Å². The van der Waals surface area contributed by atoms with E-state index in [1.807, 2.05) is 30.3 Å². The monoisotopic (exact) mass is 525 g/mol. The second-order valence-electron chi connectivity index (χ2n) is 9.54. The summed E-state index contributed by atoms with van der Waals surface area (Å²) in [6.45, 7) is 4.31. The second-order valence-corrected chi connectivity index (χ2v) is 12.0. The molecule has 3 aliphatic rings. The maximum Gasteiger partial charge on any atom is 0.238 e. The minimum Gasteiger partial charge on any atom is -0.497 e. The van der Waals surface area contributed by atoms with Crippen molar-refractivity contribution in [3.8, 4) is 11.4 Å². The third-order valence-electron chi connectivity index (χ3n) is 6.94. The molecule has 0 saturated carbocycles. The van der Waals surface area contributed by atoms with Crippen molar-refractivity contribution in [1.82, 2.24) is 19.1 Å². The van der Waals surface area contributed by atoms with Crippen molar-refractivity contribution in [3.63, 3.8) is 0 Å². The average molecular weight is 526 g/mol. The quantitative estimate of drug-likeness (QED) is 0.593. The molecular weight excluding hydrogens is 494 g/mol. The van der Waals surface area contributed by atoms with Gasteiger partial charge in [0.05, 0.1) is 23.7 Å². The van der Waals surface area contributed by atoms with Crippen molar-refractivity contribution in [3.05, 3.63) is 48.3 Å². The smallest absolute Gasteiger partial charge is 0.238 e. The Morgan fingerprint density at radius 2 is 1.89 bits per heavy atom. The number of nitrogens with zero attached hydrogens (tertiary/aromatic N) is 6. The van der Waals surface area contributed by atoms with E-state index in [4.69, 9.17) is 9.84 Å². The molecule has 5 rings (SSSR count). The van der Waals surface area contributed by atoms with Gasteiger partial charge in [0, 0.05) is 43.7 Å². The van der Waals surface area contributed by atoms with Crippen LogP contribution in [0.4, 0.5) is 5.82 Å². The maximum absolute atomic E-state index is 13.3. The van der Waals surface area contributed by atoms with E-state index in [1.54, 1.807) is 59.7 Å². The Balaban J connectivity index is 1.39. The summed E-state index contributed by atoms with van der Waals surface area (Å²) in [7, 11) is -1.68. The minimum absolute atomic E-state index is 0.0744. The highest BCUT2D eigenvalue weighted by molar-refractivity contribution is 7.89. The normalized spacial score (nSPS) is 22.0. The van der Waals surface area contributed by atoms with Gasteiger partial charge >= 0.3 is 0 Å². The predicted molar refractivity (Wildman–Crippen MR) is 142 cm³/mol. The molecule has 37 heavy (non-hydrogen) atoms. The Hall–Kier alpha value is -3.51. The van der Waals surface area contributed by atoms with Gasteiger partial charge in [0.2, 0.25) is 15.9 Å². The lowest BCUT2D eigenvalue weighted by molar-refractivity contribution is -0.118. The summed E-state index contributed by atoms with van der Waals surface area (Å²) in [4.78, 5) is 17.7. The molecule has 0 spiro atoms. The fourth-order valence-corrected chi connectivity index (χ4v) is 6.05. The van der Waals surface area contributed by atoms with E-state index in [-0.39, 0.29) is 11.8 Å². The van der Waals surface area contributed by atoms with E-state index >= 15 is 0 Å². The van der Waals surface area contributed by atoms with Gasteiger partial charge in [-0.3, -0.25) is 9.79 Å². The molecule has 1 saturated heterocycles. The van der Waals surface area contributed by atoms with Crippen LogP contribution in [0.3, 0.4) is 0 Å². The number of sulfonamides is 1. The molecule has 11 nitrogen and oxygen atoms in total. The molecule has 0 aliphatic carbocycles. The topological polar surface area (TPSA) is 121 Å². The van der Waals surface area contributed by atoms with Gasteiger partial charge in [-0.25, -0.2) is 22.4 Å². The van der Waals surface area contributed by atoms with Gasteiger partial charge in [-0.15, -0.1) is 0 Å². The van der Waals surface area contributed by atoms with Crippen LogP contribution in [0.1, 0.15) is 38.3 Å². The highest BCUT2D eigenvalue weighted by Gasteiger charge is 2.36. The Bertz CT molecular complexity index is 1340. The van der Waals surface area contributed by atoms with E-state index in [2.05, 4.69) is 15.4 Å². The van der Waals surface area contributed by atoms with Crippen LogP contribution in [-0.2, 0) is 14.8 Å². The Labute approximate surface area is 216 Å². The number of aliphatic imine (C=N–C) groups is 1. The molecule has 1 N–H and O–H groups in total. The zero-order chi connectivity index (χ0) is 26.2. The van der Waals surface area contributed by atoms with Gasteiger partial charge in [0.15, 0.2) is 6.17 Å². The summed E-state index contributed by atoms with van der Waals surface area (Å²) >= 11 is 0. The van der Waals surface area contributed by atoms with Crippen LogP contribution in [0.5, 0.6) is 5.75 Å². The van der Waals surface area contributed by atoms with Gasteiger partial charge in [-0.2, -0.15) is 10.2 Å². The van der Waals surface area contributed by atoms with Crippen molar-refractivity contribution >= 4 is 34.2 Å². The standard InChI is InChI=1S/C25H31N7O4S/c1-17(2)37(34,35)30-13-9-18(10-14-30)22-15-23(32(29-22)19-5-7-20(36-3)8-6-19)28-25(33)21-16-27-31-12-4-11-26-24(21)31/h4-8,11-12,15-18,21,24H,9-10,13-14H2,1-3H3,(H,28,33). The zero-order valence-electron chi connectivity index (χ0n) is 21.1. The first-order valence-electron chi connectivity index (χ1n) is 12.3. The van der Waals surface area contributed by atoms with Crippen molar-refractivity contribution in [2.24, 2.45) is 16.0 Å². The van der Waals surface area contributed by atoms with Crippen molar-refractivity contribution in [2.75, 3.05) is 25.5 Å². The number of hydrogen-bond donors (Lipinski definition) is 1. The Morgan fingerprint density at radius 1 is 1.16 bits per heavy atom. The summed E-state index contributed by atoms with van der Waals surface area (Å²) in [6, 6.07) is 9.30. The van der Waals surface area contributed by atoms with E-state index < -0.39 is 27.4 Å².